The maximum absolute atomic E-state index is 15.6. The van der Waals surface area contributed by atoms with Crippen LogP contribution in [0.1, 0.15) is 45.6 Å². The van der Waals surface area contributed by atoms with Gasteiger partial charge in [0.2, 0.25) is 5.95 Å². The fourth-order valence-electron chi connectivity index (χ4n) is 3.79. The van der Waals surface area contributed by atoms with E-state index < -0.39 is 39.2 Å². The van der Waals surface area contributed by atoms with Gasteiger partial charge >= 0.3 is 16.3 Å². The molecule has 0 spiro atoms. The second-order valence-electron chi connectivity index (χ2n) is 9.12. The Balaban J connectivity index is 2.14. The van der Waals surface area contributed by atoms with Crippen molar-refractivity contribution in [2.45, 2.75) is 46.6 Å². The van der Waals surface area contributed by atoms with E-state index in [4.69, 9.17) is 0 Å². The molecule has 3 heterocycles. The standard InChI is InChI=1S/C21H28F2N4O4S/c1-21(2,3)14-25(20(28)29)12-15-13-27(32(30,31)26-10-5-4-6-11-26)18(17(15)22)16-8-7-9-24-19(16)23/h7-9,13H,4-6,10-12,14H2,1-3H3,(H,28,29). The van der Waals surface area contributed by atoms with Gasteiger partial charge in [-0.05, 0) is 30.4 Å². The second-order valence-corrected chi connectivity index (χ2v) is 10.9. The van der Waals surface area contributed by atoms with E-state index in [0.717, 1.165) is 21.5 Å². The molecule has 0 atom stereocenters. The average Bonchev–Trinajstić information content (AvgIpc) is 3.04. The lowest BCUT2D eigenvalue weighted by atomic mass is 9.96. The van der Waals surface area contributed by atoms with Crippen LogP contribution < -0.4 is 0 Å². The third kappa shape index (κ3) is 5.09. The molecule has 176 valence electrons. The maximum atomic E-state index is 15.6. The summed E-state index contributed by atoms with van der Waals surface area (Å²) in [7, 11) is -4.20. The summed E-state index contributed by atoms with van der Waals surface area (Å²) >= 11 is 0. The number of rotatable bonds is 6. The van der Waals surface area contributed by atoms with E-state index in [1.54, 1.807) is 0 Å². The first-order valence-corrected chi connectivity index (χ1v) is 11.8. The Morgan fingerprint density at radius 3 is 2.44 bits per heavy atom. The minimum absolute atomic E-state index is 0.0996. The van der Waals surface area contributed by atoms with Crippen LogP contribution in [-0.4, -0.2) is 57.4 Å². The van der Waals surface area contributed by atoms with E-state index >= 15 is 4.39 Å². The smallest absolute Gasteiger partial charge is 0.407 e. The van der Waals surface area contributed by atoms with Crippen LogP contribution in [0.2, 0.25) is 0 Å². The highest BCUT2D eigenvalue weighted by atomic mass is 32.2. The lowest BCUT2D eigenvalue weighted by Gasteiger charge is -2.27. The maximum Gasteiger partial charge on any atom is 0.407 e. The third-order valence-corrected chi connectivity index (χ3v) is 6.99. The fourth-order valence-corrected chi connectivity index (χ4v) is 5.43. The van der Waals surface area contributed by atoms with Gasteiger partial charge in [0.15, 0.2) is 5.82 Å². The van der Waals surface area contributed by atoms with E-state index in [9.17, 15) is 22.7 Å². The molecule has 0 unspecified atom stereocenters. The summed E-state index contributed by atoms with van der Waals surface area (Å²) in [6.45, 7) is 5.78. The Morgan fingerprint density at radius 1 is 1.22 bits per heavy atom. The molecular formula is C21H28F2N4O4S. The van der Waals surface area contributed by atoms with Crippen molar-refractivity contribution in [2.75, 3.05) is 19.6 Å². The normalized spacial score (nSPS) is 15.7. The minimum Gasteiger partial charge on any atom is -0.465 e. The van der Waals surface area contributed by atoms with Gasteiger partial charge in [-0.2, -0.15) is 17.1 Å². The molecule has 0 aliphatic carbocycles. The van der Waals surface area contributed by atoms with Crippen LogP contribution >= 0.6 is 0 Å². The Labute approximate surface area is 186 Å². The van der Waals surface area contributed by atoms with Gasteiger partial charge in [-0.25, -0.2) is 18.1 Å². The van der Waals surface area contributed by atoms with Gasteiger partial charge in [0.1, 0.15) is 5.69 Å². The Kier molecular flexibility index (Phi) is 6.89. The summed E-state index contributed by atoms with van der Waals surface area (Å²) in [4.78, 5) is 16.3. The average molecular weight is 471 g/mol. The fraction of sp³-hybridized carbons (Fsp3) is 0.524. The third-order valence-electron chi connectivity index (χ3n) is 5.18. The van der Waals surface area contributed by atoms with Crippen LogP contribution in [0.15, 0.2) is 24.5 Å². The van der Waals surface area contributed by atoms with E-state index in [1.807, 2.05) is 20.8 Å². The molecule has 32 heavy (non-hydrogen) atoms. The molecule has 8 nitrogen and oxygen atoms in total. The summed E-state index contributed by atoms with van der Waals surface area (Å²) in [5.41, 5.74) is -1.36. The first-order valence-electron chi connectivity index (χ1n) is 10.4. The highest BCUT2D eigenvalue weighted by molar-refractivity contribution is 7.87. The Bertz CT molecular complexity index is 1090. The lowest BCUT2D eigenvalue weighted by molar-refractivity contribution is 0.122. The van der Waals surface area contributed by atoms with Crippen molar-refractivity contribution in [2.24, 2.45) is 5.41 Å². The first kappa shape index (κ1) is 24.1. The second kappa shape index (κ2) is 9.14. The predicted octanol–water partition coefficient (Wildman–Crippen LogP) is 3.93. The quantitative estimate of drug-likeness (QED) is 0.646. The molecular weight excluding hydrogens is 442 g/mol. The zero-order chi connectivity index (χ0) is 23.7. The molecule has 2 aromatic rings. The van der Waals surface area contributed by atoms with Crippen LogP contribution in [0.25, 0.3) is 11.3 Å². The molecule has 1 aliphatic rings. The van der Waals surface area contributed by atoms with Crippen LogP contribution in [-0.2, 0) is 16.8 Å². The number of carboxylic acid groups (broad SMARTS) is 1. The number of carbonyl (C=O) groups is 1. The summed E-state index contributed by atoms with van der Waals surface area (Å²) < 4.78 is 58.8. The Hall–Kier alpha value is -2.53. The van der Waals surface area contributed by atoms with Crippen molar-refractivity contribution in [1.82, 2.24) is 18.2 Å². The largest absolute Gasteiger partial charge is 0.465 e. The molecule has 2 aromatic heterocycles. The number of piperidine rings is 1. The van der Waals surface area contributed by atoms with E-state index in [-0.39, 0.29) is 37.3 Å². The van der Waals surface area contributed by atoms with Crippen molar-refractivity contribution in [3.63, 3.8) is 0 Å². The zero-order valence-corrected chi connectivity index (χ0v) is 19.2. The number of amides is 1. The molecule has 0 bridgehead atoms. The molecule has 0 radical (unpaired) electrons. The molecule has 11 heteroatoms. The highest BCUT2D eigenvalue weighted by Gasteiger charge is 2.33. The van der Waals surface area contributed by atoms with Gasteiger partial charge in [0.05, 0.1) is 12.1 Å². The van der Waals surface area contributed by atoms with Crippen LogP contribution in [0, 0.1) is 17.2 Å². The molecule has 1 fully saturated rings. The number of nitrogens with zero attached hydrogens (tertiary/aromatic N) is 4. The van der Waals surface area contributed by atoms with Crippen LogP contribution in [0.3, 0.4) is 0 Å². The van der Waals surface area contributed by atoms with Gasteiger partial charge in [-0.1, -0.05) is 27.2 Å². The minimum atomic E-state index is -4.20. The number of aromatic nitrogens is 2. The highest BCUT2D eigenvalue weighted by Crippen LogP contribution is 2.32. The van der Waals surface area contributed by atoms with Gasteiger partial charge in [0, 0.05) is 37.6 Å². The SMILES string of the molecule is CC(C)(C)CN(Cc1cn(S(=O)(=O)N2CCCCC2)c(-c2cccnc2F)c1F)C(=O)O. The molecule has 1 amide bonds. The van der Waals surface area contributed by atoms with E-state index in [1.165, 1.54) is 22.6 Å². The molecule has 1 N–H and O–H groups in total. The first-order chi connectivity index (χ1) is 14.9. The zero-order valence-electron chi connectivity index (χ0n) is 18.4. The topological polar surface area (TPSA) is 95.7 Å². The molecule has 3 rings (SSSR count). The number of halogens is 2. The molecule has 0 saturated carbocycles. The summed E-state index contributed by atoms with van der Waals surface area (Å²) in [5.74, 6) is -2.01. The van der Waals surface area contributed by atoms with Crippen molar-refractivity contribution < 1.29 is 27.1 Å². The number of hydrogen-bond donors (Lipinski definition) is 1. The monoisotopic (exact) mass is 470 g/mol. The van der Waals surface area contributed by atoms with Crippen molar-refractivity contribution >= 4 is 16.3 Å². The Morgan fingerprint density at radius 2 is 1.88 bits per heavy atom. The lowest BCUT2D eigenvalue weighted by Crippen LogP contribution is -2.39. The van der Waals surface area contributed by atoms with Crippen molar-refractivity contribution in [1.29, 1.82) is 0 Å². The molecule has 0 aromatic carbocycles. The van der Waals surface area contributed by atoms with E-state index in [0.29, 0.717) is 12.8 Å². The number of pyridine rings is 1. The summed E-state index contributed by atoms with van der Waals surface area (Å²) in [5, 5.41) is 9.59. The van der Waals surface area contributed by atoms with Crippen LogP contribution in [0.4, 0.5) is 13.6 Å². The molecule has 1 saturated heterocycles. The van der Waals surface area contributed by atoms with Crippen LogP contribution in [0.5, 0.6) is 0 Å². The van der Waals surface area contributed by atoms with E-state index in [2.05, 4.69) is 4.98 Å². The summed E-state index contributed by atoms with van der Waals surface area (Å²) in [6.07, 6.45) is 3.21. The van der Waals surface area contributed by atoms with Gasteiger partial charge < -0.3 is 10.0 Å². The van der Waals surface area contributed by atoms with Gasteiger partial charge in [-0.3, -0.25) is 0 Å². The van der Waals surface area contributed by atoms with Gasteiger partial charge in [0.25, 0.3) is 0 Å². The molecule has 1 aliphatic heterocycles. The predicted molar refractivity (Wildman–Crippen MR) is 115 cm³/mol. The van der Waals surface area contributed by atoms with Crippen molar-refractivity contribution in [3.8, 4) is 11.3 Å². The summed E-state index contributed by atoms with van der Waals surface area (Å²) in [6, 6.07) is 2.63. The number of hydrogen-bond acceptors (Lipinski definition) is 4. The van der Waals surface area contributed by atoms with Crippen molar-refractivity contribution in [3.05, 3.63) is 41.9 Å². The van der Waals surface area contributed by atoms with Gasteiger partial charge in [-0.15, -0.1) is 0 Å².